The summed E-state index contributed by atoms with van der Waals surface area (Å²) in [6, 6.07) is 21.1. The molecule has 3 aromatic rings. The fraction of sp³-hybridized carbons (Fsp3) is 0.382. The van der Waals surface area contributed by atoms with Crippen LogP contribution in [0.25, 0.3) is 0 Å². The number of likely N-dealkylation sites (tertiary alicyclic amines) is 1. The number of alkyl halides is 3. The highest BCUT2D eigenvalue weighted by Crippen LogP contribution is 2.40. The van der Waals surface area contributed by atoms with Crippen LogP contribution in [0.2, 0.25) is 10.0 Å². The number of nitrogens with one attached hydrogen (secondary N) is 1. The van der Waals surface area contributed by atoms with Gasteiger partial charge in [-0.25, -0.2) is 0 Å². The van der Waals surface area contributed by atoms with Gasteiger partial charge in [-0.05, 0) is 60.2 Å². The molecule has 244 valence electrons. The summed E-state index contributed by atoms with van der Waals surface area (Å²) in [6.45, 7) is 1.12. The zero-order valence-electron chi connectivity index (χ0n) is 25.5. The van der Waals surface area contributed by atoms with E-state index in [1.165, 1.54) is 18.0 Å². The molecular weight excluding hydrogens is 640 g/mol. The summed E-state index contributed by atoms with van der Waals surface area (Å²) >= 11 is 12.7. The number of carbonyl (C=O) groups excluding carboxylic acids is 3. The van der Waals surface area contributed by atoms with Gasteiger partial charge in [-0.1, -0.05) is 71.7 Å². The number of hydrogen-bond acceptors (Lipinski definition) is 4. The van der Waals surface area contributed by atoms with Gasteiger partial charge >= 0.3 is 12.1 Å². The molecule has 1 saturated heterocycles. The van der Waals surface area contributed by atoms with Gasteiger partial charge in [0.25, 0.3) is 5.91 Å². The Balaban J connectivity index is 1.49. The smallest absolute Gasteiger partial charge is 0.346 e. The summed E-state index contributed by atoms with van der Waals surface area (Å²) in [7, 11) is 2.61. The van der Waals surface area contributed by atoms with E-state index in [0.29, 0.717) is 54.9 Å². The van der Waals surface area contributed by atoms with Crippen molar-refractivity contribution >= 4 is 40.9 Å². The molecular formula is C34H35Cl2F3N4O3. The molecule has 0 unspecified atom stereocenters. The Morgan fingerprint density at radius 2 is 1.59 bits per heavy atom. The molecule has 12 heteroatoms. The van der Waals surface area contributed by atoms with Crippen molar-refractivity contribution in [1.82, 2.24) is 20.0 Å². The summed E-state index contributed by atoms with van der Waals surface area (Å²) in [5.74, 6) is -2.48. The molecule has 7 nitrogen and oxygen atoms in total. The van der Waals surface area contributed by atoms with Crippen molar-refractivity contribution in [1.29, 1.82) is 0 Å². The highest BCUT2D eigenvalue weighted by Gasteiger charge is 2.48. The molecule has 1 atom stereocenters. The lowest BCUT2D eigenvalue weighted by molar-refractivity contribution is -0.185. The first-order chi connectivity index (χ1) is 21.8. The molecule has 2 aliphatic rings. The number of nitrogens with zero attached hydrogens (tertiary/aromatic N) is 3. The predicted octanol–water partition coefficient (Wildman–Crippen LogP) is 6.04. The molecule has 5 rings (SSSR count). The van der Waals surface area contributed by atoms with Gasteiger partial charge < -0.3 is 20.0 Å². The van der Waals surface area contributed by atoms with E-state index in [9.17, 15) is 27.6 Å². The number of amides is 3. The Labute approximate surface area is 276 Å². The quantitative estimate of drug-likeness (QED) is 0.317. The van der Waals surface area contributed by atoms with Crippen LogP contribution in [-0.4, -0.2) is 78.9 Å². The Hall–Kier alpha value is -3.60. The molecule has 3 amide bonds. The van der Waals surface area contributed by atoms with Crippen molar-refractivity contribution in [2.75, 3.05) is 40.3 Å². The van der Waals surface area contributed by atoms with Crippen LogP contribution in [-0.2, 0) is 27.1 Å². The number of benzene rings is 3. The average molecular weight is 676 g/mol. The van der Waals surface area contributed by atoms with E-state index >= 15 is 0 Å². The van der Waals surface area contributed by atoms with Gasteiger partial charge in [0.1, 0.15) is 0 Å². The van der Waals surface area contributed by atoms with Crippen LogP contribution in [0.15, 0.2) is 72.8 Å². The van der Waals surface area contributed by atoms with Crippen LogP contribution in [0.5, 0.6) is 0 Å². The molecule has 0 aromatic heterocycles. The van der Waals surface area contributed by atoms with E-state index in [4.69, 9.17) is 23.2 Å². The number of hydrogen-bond donors (Lipinski definition) is 1. The standard InChI is InChI=1S/C34H35Cl2F3N4O3/c1-41(31(46)34(37,38)39)22-33(25-12-13-27(35)28(36)21-25,42(2)30(45)23-8-4-3-5-9-23)16-19-43-17-14-32(15-18-43)26-11-7-6-10-24(26)20-29(44)40-32/h3-13,21H,14-20,22H2,1-2H3,(H,40,44)/t33-/m1/s1. The van der Waals surface area contributed by atoms with Crippen LogP contribution < -0.4 is 5.32 Å². The summed E-state index contributed by atoms with van der Waals surface area (Å²) in [5, 5.41) is 3.64. The van der Waals surface area contributed by atoms with E-state index in [1.807, 2.05) is 18.2 Å². The topological polar surface area (TPSA) is 73.0 Å². The van der Waals surface area contributed by atoms with Crippen LogP contribution >= 0.6 is 23.2 Å². The van der Waals surface area contributed by atoms with E-state index in [2.05, 4.69) is 16.3 Å². The third kappa shape index (κ3) is 6.75. The van der Waals surface area contributed by atoms with Crippen molar-refractivity contribution in [2.24, 2.45) is 0 Å². The molecule has 2 heterocycles. The van der Waals surface area contributed by atoms with Crippen molar-refractivity contribution in [3.05, 3.63) is 105 Å². The van der Waals surface area contributed by atoms with E-state index in [-0.39, 0.29) is 22.4 Å². The first-order valence-corrected chi connectivity index (χ1v) is 15.7. The summed E-state index contributed by atoms with van der Waals surface area (Å²) in [6.07, 6.45) is -3.32. The highest BCUT2D eigenvalue weighted by atomic mass is 35.5. The number of rotatable bonds is 8. The van der Waals surface area contributed by atoms with Crippen molar-refractivity contribution < 1.29 is 27.6 Å². The third-order valence-electron chi connectivity index (χ3n) is 9.33. The number of halogens is 5. The number of fused-ring (bicyclic) bond motifs is 2. The zero-order chi connectivity index (χ0) is 33.3. The minimum Gasteiger partial charge on any atom is -0.346 e. The Bertz CT molecular complexity index is 1610. The number of piperidine rings is 1. The van der Waals surface area contributed by atoms with Gasteiger partial charge in [0.2, 0.25) is 5.91 Å². The molecule has 0 aliphatic carbocycles. The molecule has 2 aliphatic heterocycles. The Kier molecular flexibility index (Phi) is 9.73. The maximum Gasteiger partial charge on any atom is 0.471 e. The second kappa shape index (κ2) is 13.3. The first kappa shape index (κ1) is 33.8. The average Bonchev–Trinajstić information content (AvgIpc) is 3.04. The van der Waals surface area contributed by atoms with Gasteiger partial charge in [0.15, 0.2) is 0 Å². The van der Waals surface area contributed by atoms with Crippen molar-refractivity contribution in [3.63, 3.8) is 0 Å². The van der Waals surface area contributed by atoms with Gasteiger partial charge in [0, 0.05) is 45.8 Å². The lowest BCUT2D eigenvalue weighted by atomic mass is 9.75. The molecule has 1 N–H and O–H groups in total. The fourth-order valence-electron chi connectivity index (χ4n) is 6.81. The minimum absolute atomic E-state index is 0.0239. The van der Waals surface area contributed by atoms with Crippen LogP contribution in [0.3, 0.4) is 0 Å². The Morgan fingerprint density at radius 1 is 0.935 bits per heavy atom. The van der Waals surface area contributed by atoms with Crippen LogP contribution in [0, 0.1) is 0 Å². The lowest BCUT2D eigenvalue weighted by Gasteiger charge is -2.48. The molecule has 46 heavy (non-hydrogen) atoms. The maximum absolute atomic E-state index is 14.0. The zero-order valence-corrected chi connectivity index (χ0v) is 27.1. The van der Waals surface area contributed by atoms with E-state index < -0.39 is 35.6 Å². The predicted molar refractivity (Wildman–Crippen MR) is 171 cm³/mol. The van der Waals surface area contributed by atoms with Gasteiger partial charge in [-0.3, -0.25) is 14.4 Å². The van der Waals surface area contributed by atoms with Crippen molar-refractivity contribution in [2.45, 2.75) is 42.9 Å². The van der Waals surface area contributed by atoms with Crippen LogP contribution in [0.1, 0.15) is 46.3 Å². The summed E-state index contributed by atoms with van der Waals surface area (Å²) in [5.41, 5.74) is 0.972. The molecule has 1 fully saturated rings. The van der Waals surface area contributed by atoms with Gasteiger partial charge in [-0.2, -0.15) is 13.2 Å². The van der Waals surface area contributed by atoms with Crippen molar-refractivity contribution in [3.8, 4) is 0 Å². The monoisotopic (exact) mass is 674 g/mol. The normalized spacial score (nSPS) is 17.5. The second-order valence-corrected chi connectivity index (χ2v) is 12.9. The van der Waals surface area contributed by atoms with Gasteiger partial charge in [-0.15, -0.1) is 0 Å². The first-order valence-electron chi connectivity index (χ1n) is 15.0. The fourth-order valence-corrected chi connectivity index (χ4v) is 7.10. The van der Waals surface area contributed by atoms with Gasteiger partial charge in [0.05, 0.1) is 27.5 Å². The Morgan fingerprint density at radius 3 is 2.24 bits per heavy atom. The molecule has 0 saturated carbocycles. The lowest BCUT2D eigenvalue weighted by Crippen LogP contribution is -2.58. The van der Waals surface area contributed by atoms with Crippen LogP contribution in [0.4, 0.5) is 13.2 Å². The SMILES string of the molecule is CN(C[C@](CCN1CCC2(CC1)NC(=O)Cc1ccccc12)(c1ccc(Cl)c(Cl)c1)N(C)C(=O)c1ccccc1)C(=O)C(F)(F)F. The minimum atomic E-state index is -5.11. The number of carbonyl (C=O) groups is 3. The second-order valence-electron chi connectivity index (χ2n) is 12.1. The third-order valence-corrected chi connectivity index (χ3v) is 10.1. The maximum atomic E-state index is 14.0. The molecule has 0 radical (unpaired) electrons. The number of likely N-dealkylation sites (N-methyl/N-ethyl adjacent to an activating group) is 2. The molecule has 1 spiro atoms. The van der Waals surface area contributed by atoms with E-state index in [1.54, 1.807) is 42.5 Å². The van der Waals surface area contributed by atoms with E-state index in [0.717, 1.165) is 18.2 Å². The summed E-state index contributed by atoms with van der Waals surface area (Å²) < 4.78 is 41.0. The summed E-state index contributed by atoms with van der Waals surface area (Å²) in [4.78, 5) is 43.2. The highest BCUT2D eigenvalue weighted by molar-refractivity contribution is 6.42. The molecule has 3 aromatic carbocycles. The largest absolute Gasteiger partial charge is 0.471 e. The molecule has 0 bridgehead atoms.